The highest BCUT2D eigenvalue weighted by atomic mass is 16.1. The van der Waals surface area contributed by atoms with Gasteiger partial charge in [-0.3, -0.25) is 4.79 Å². The number of benzene rings is 1. The summed E-state index contributed by atoms with van der Waals surface area (Å²) in [5.41, 5.74) is 1.87. The van der Waals surface area contributed by atoms with Gasteiger partial charge in [-0.1, -0.05) is 19.1 Å². The molecule has 0 saturated carbocycles. The van der Waals surface area contributed by atoms with Crippen LogP contribution in [0.25, 0.3) is 0 Å². The molecule has 0 radical (unpaired) electrons. The van der Waals surface area contributed by atoms with Gasteiger partial charge in [0.2, 0.25) is 0 Å². The maximum absolute atomic E-state index is 11.5. The van der Waals surface area contributed by atoms with Crippen molar-refractivity contribution in [1.82, 2.24) is 20.2 Å². The molecule has 5 nitrogen and oxygen atoms in total. The van der Waals surface area contributed by atoms with Crippen molar-refractivity contribution in [3.63, 3.8) is 0 Å². The summed E-state index contributed by atoms with van der Waals surface area (Å²) in [6.45, 7) is 6.96. The van der Waals surface area contributed by atoms with E-state index in [0.29, 0.717) is 11.5 Å². The Bertz CT molecular complexity index is 603. The zero-order chi connectivity index (χ0) is 15.9. The second kappa shape index (κ2) is 7.75. The maximum Gasteiger partial charge on any atom is 0.251 e. The Hall–Kier alpha value is -2.14. The number of aryl methyl sites for hydroxylation is 1. The number of hydrogen-bond donors (Lipinski definition) is 2. The van der Waals surface area contributed by atoms with Crippen molar-refractivity contribution in [3.8, 4) is 0 Å². The van der Waals surface area contributed by atoms with Gasteiger partial charge in [0.15, 0.2) is 0 Å². The topological polar surface area (TPSA) is 59.0 Å². The molecule has 0 aliphatic carbocycles. The minimum absolute atomic E-state index is 0.0520. The Balaban J connectivity index is 1.76. The van der Waals surface area contributed by atoms with Crippen LogP contribution in [0.4, 0.5) is 0 Å². The van der Waals surface area contributed by atoms with Crippen LogP contribution in [0.2, 0.25) is 0 Å². The van der Waals surface area contributed by atoms with Crippen molar-refractivity contribution in [2.75, 3.05) is 13.6 Å². The third-order valence-electron chi connectivity index (χ3n) is 3.70. The normalized spacial score (nSPS) is 12.1. The third-order valence-corrected chi connectivity index (χ3v) is 3.70. The summed E-state index contributed by atoms with van der Waals surface area (Å²) in [7, 11) is 1.64. The molecule has 1 heterocycles. The van der Waals surface area contributed by atoms with Crippen molar-refractivity contribution in [3.05, 3.63) is 53.6 Å². The lowest BCUT2D eigenvalue weighted by Gasteiger charge is -2.14. The summed E-state index contributed by atoms with van der Waals surface area (Å²) >= 11 is 0. The third kappa shape index (κ3) is 4.43. The predicted octanol–water partition coefficient (Wildman–Crippen LogP) is 1.98. The monoisotopic (exact) mass is 300 g/mol. The molecule has 0 aliphatic heterocycles. The van der Waals surface area contributed by atoms with Gasteiger partial charge in [-0.2, -0.15) is 0 Å². The highest BCUT2D eigenvalue weighted by Gasteiger charge is 2.06. The minimum Gasteiger partial charge on any atom is -0.355 e. The first-order valence-electron chi connectivity index (χ1n) is 7.59. The number of hydrogen-bond acceptors (Lipinski definition) is 3. The molecule has 2 aromatic rings. The second-order valence-corrected chi connectivity index (χ2v) is 5.64. The van der Waals surface area contributed by atoms with Gasteiger partial charge in [0.05, 0.1) is 0 Å². The van der Waals surface area contributed by atoms with Crippen LogP contribution >= 0.6 is 0 Å². The quantitative estimate of drug-likeness (QED) is 0.822. The van der Waals surface area contributed by atoms with Crippen LogP contribution in [0.15, 0.2) is 36.7 Å². The Morgan fingerprint density at radius 2 is 2.05 bits per heavy atom. The van der Waals surface area contributed by atoms with Crippen molar-refractivity contribution in [1.29, 1.82) is 0 Å². The van der Waals surface area contributed by atoms with Gasteiger partial charge in [0.25, 0.3) is 5.91 Å². The molecule has 1 atom stereocenters. The summed E-state index contributed by atoms with van der Waals surface area (Å²) in [6, 6.07) is 7.69. The molecule has 0 saturated heterocycles. The summed E-state index contributed by atoms with van der Waals surface area (Å²) in [4.78, 5) is 15.7. The molecule has 22 heavy (non-hydrogen) atoms. The molecule has 1 unspecified atom stereocenters. The Morgan fingerprint density at radius 1 is 1.32 bits per heavy atom. The van der Waals surface area contributed by atoms with Crippen LogP contribution < -0.4 is 10.6 Å². The van der Waals surface area contributed by atoms with Crippen LogP contribution in [0.3, 0.4) is 0 Å². The van der Waals surface area contributed by atoms with E-state index in [1.165, 1.54) is 5.56 Å². The molecule has 1 aromatic heterocycles. The van der Waals surface area contributed by atoms with Crippen LogP contribution in [-0.4, -0.2) is 29.1 Å². The number of carbonyl (C=O) groups excluding carboxylic acids is 1. The molecular formula is C17H24N4O. The van der Waals surface area contributed by atoms with Gasteiger partial charge >= 0.3 is 0 Å². The summed E-state index contributed by atoms with van der Waals surface area (Å²) in [6.07, 6.45) is 3.85. The Labute approximate surface area is 131 Å². The van der Waals surface area contributed by atoms with Gasteiger partial charge in [-0.05, 0) is 37.1 Å². The zero-order valence-corrected chi connectivity index (χ0v) is 13.5. The summed E-state index contributed by atoms with van der Waals surface area (Å²) in [5.74, 6) is 1.53. The van der Waals surface area contributed by atoms with Crippen molar-refractivity contribution in [2.24, 2.45) is 5.92 Å². The molecular weight excluding hydrogens is 276 g/mol. The first kappa shape index (κ1) is 16.2. The number of nitrogens with one attached hydrogen (secondary N) is 2. The number of nitrogens with zero attached hydrogens (tertiary/aromatic N) is 2. The van der Waals surface area contributed by atoms with E-state index in [1.54, 1.807) is 7.05 Å². The largest absolute Gasteiger partial charge is 0.355 e. The molecule has 0 fully saturated rings. The molecule has 2 rings (SSSR count). The molecule has 0 aliphatic rings. The highest BCUT2D eigenvalue weighted by Crippen LogP contribution is 2.06. The van der Waals surface area contributed by atoms with E-state index in [2.05, 4.69) is 27.1 Å². The van der Waals surface area contributed by atoms with E-state index in [4.69, 9.17) is 0 Å². The van der Waals surface area contributed by atoms with Crippen molar-refractivity contribution in [2.45, 2.75) is 26.9 Å². The van der Waals surface area contributed by atoms with Crippen molar-refractivity contribution >= 4 is 5.91 Å². The Morgan fingerprint density at radius 3 is 2.64 bits per heavy atom. The van der Waals surface area contributed by atoms with Gasteiger partial charge in [0, 0.05) is 38.1 Å². The lowest BCUT2D eigenvalue weighted by Crippen LogP contribution is -2.24. The predicted molar refractivity (Wildman–Crippen MR) is 87.7 cm³/mol. The van der Waals surface area contributed by atoms with Crippen LogP contribution in [-0.2, 0) is 13.1 Å². The summed E-state index contributed by atoms with van der Waals surface area (Å²) < 4.78 is 2.17. The van der Waals surface area contributed by atoms with E-state index in [-0.39, 0.29) is 5.91 Å². The SMILES string of the molecule is CNC(=O)c1ccc(CNCC(C)Cn2ccnc2C)cc1. The van der Waals surface area contributed by atoms with Crippen molar-refractivity contribution < 1.29 is 4.79 Å². The first-order valence-corrected chi connectivity index (χ1v) is 7.59. The van der Waals surface area contributed by atoms with E-state index < -0.39 is 0 Å². The number of amides is 1. The van der Waals surface area contributed by atoms with Crippen LogP contribution in [0.1, 0.15) is 28.7 Å². The first-order chi connectivity index (χ1) is 10.6. The second-order valence-electron chi connectivity index (χ2n) is 5.64. The molecule has 2 N–H and O–H groups in total. The highest BCUT2D eigenvalue weighted by molar-refractivity contribution is 5.93. The smallest absolute Gasteiger partial charge is 0.251 e. The Kier molecular flexibility index (Phi) is 5.72. The van der Waals surface area contributed by atoms with E-state index in [9.17, 15) is 4.79 Å². The summed E-state index contributed by atoms with van der Waals surface area (Å²) in [5, 5.41) is 6.08. The van der Waals surface area contributed by atoms with Crippen LogP contribution in [0.5, 0.6) is 0 Å². The van der Waals surface area contributed by atoms with Gasteiger partial charge in [0.1, 0.15) is 5.82 Å². The number of rotatable bonds is 7. The molecule has 118 valence electrons. The minimum atomic E-state index is -0.0520. The van der Waals surface area contributed by atoms with Gasteiger partial charge in [-0.25, -0.2) is 4.98 Å². The van der Waals surface area contributed by atoms with E-state index in [0.717, 1.165) is 25.5 Å². The van der Waals surface area contributed by atoms with Gasteiger partial charge < -0.3 is 15.2 Å². The lowest BCUT2D eigenvalue weighted by atomic mass is 10.1. The number of carbonyl (C=O) groups is 1. The maximum atomic E-state index is 11.5. The average molecular weight is 300 g/mol. The zero-order valence-electron chi connectivity index (χ0n) is 13.5. The molecule has 1 amide bonds. The fraction of sp³-hybridized carbons (Fsp3) is 0.412. The lowest BCUT2D eigenvalue weighted by molar-refractivity contribution is 0.0963. The molecule has 1 aromatic carbocycles. The fourth-order valence-electron chi connectivity index (χ4n) is 2.38. The number of imidazole rings is 1. The van der Waals surface area contributed by atoms with Gasteiger partial charge in [-0.15, -0.1) is 0 Å². The fourth-order valence-corrected chi connectivity index (χ4v) is 2.38. The average Bonchev–Trinajstić information content (AvgIpc) is 2.92. The van der Waals surface area contributed by atoms with E-state index >= 15 is 0 Å². The molecule has 0 spiro atoms. The van der Waals surface area contributed by atoms with Crippen LogP contribution in [0, 0.1) is 12.8 Å². The van der Waals surface area contributed by atoms with E-state index in [1.807, 2.05) is 43.6 Å². The molecule has 5 heteroatoms. The molecule has 0 bridgehead atoms. The standard InChI is InChI=1S/C17H24N4O/c1-13(12-21-9-8-20-14(21)2)10-19-11-15-4-6-16(7-5-15)17(22)18-3/h4-9,13,19H,10-12H2,1-3H3,(H,18,22). The number of aromatic nitrogens is 2.